The van der Waals surface area contributed by atoms with Crippen molar-refractivity contribution in [3.63, 3.8) is 0 Å². The Hall–Kier alpha value is -0.790. The molecule has 0 aliphatic carbocycles. The molecule has 26 heavy (non-hydrogen) atoms. The van der Waals surface area contributed by atoms with Crippen LogP contribution >= 0.6 is 23.1 Å². The van der Waals surface area contributed by atoms with Crippen LogP contribution in [-0.4, -0.2) is 59.3 Å². The van der Waals surface area contributed by atoms with Gasteiger partial charge in [-0.1, -0.05) is 18.7 Å². The summed E-state index contributed by atoms with van der Waals surface area (Å²) in [7, 11) is 4.64. The first-order valence-electron chi connectivity index (χ1n) is 9.34. The van der Waals surface area contributed by atoms with Gasteiger partial charge in [0.2, 0.25) is 0 Å². The fourth-order valence-corrected chi connectivity index (χ4v) is 7.28. The van der Waals surface area contributed by atoms with Gasteiger partial charge in [0.25, 0.3) is 0 Å². The minimum Gasteiger partial charge on any atom is -0.491 e. The molecule has 4 aliphatic heterocycles. The summed E-state index contributed by atoms with van der Waals surface area (Å²) in [5, 5.41) is 15.8. The number of hydrogen-bond acceptors (Lipinski definition) is 5. The maximum absolute atomic E-state index is 11.7. The molecule has 1 N–H and O–H groups in total. The molecule has 0 spiro atoms. The first-order valence-corrected chi connectivity index (χ1v) is 11.2. The highest BCUT2D eigenvalue weighted by Gasteiger charge is 2.70. The largest absolute Gasteiger partial charge is 0.491 e. The fraction of sp³-hybridized carbons (Fsp3) is 0.600. The van der Waals surface area contributed by atoms with Gasteiger partial charge in [0.1, 0.15) is 36.2 Å². The summed E-state index contributed by atoms with van der Waals surface area (Å²) in [5.74, 6) is 0.507. The molecule has 6 heteroatoms. The minimum absolute atomic E-state index is 0.0259. The zero-order chi connectivity index (χ0) is 18.1. The SMILES string of the molecule is C=C(OC1CC2C3OC3C(C1)[N+]2(C)C)C(O)(c1cccs1)C1CC=CS1. The minimum atomic E-state index is -1.14. The lowest BCUT2D eigenvalue weighted by molar-refractivity contribution is -0.938. The van der Waals surface area contributed by atoms with Crippen LogP contribution in [0.3, 0.4) is 0 Å². The highest BCUT2D eigenvalue weighted by atomic mass is 32.2. The number of allylic oxidation sites excluding steroid dienone is 1. The van der Waals surface area contributed by atoms with Crippen molar-refractivity contribution >= 4 is 23.1 Å². The Balaban J connectivity index is 1.36. The molecule has 140 valence electrons. The lowest BCUT2D eigenvalue weighted by Crippen LogP contribution is -2.60. The van der Waals surface area contributed by atoms with Crippen LogP contribution in [0, 0.1) is 0 Å². The van der Waals surface area contributed by atoms with Gasteiger partial charge in [-0.25, -0.2) is 0 Å². The zero-order valence-electron chi connectivity index (χ0n) is 15.2. The highest BCUT2D eigenvalue weighted by molar-refractivity contribution is 8.03. The molecular weight excluding hydrogens is 366 g/mol. The second-order valence-electron chi connectivity index (χ2n) is 8.44. The van der Waals surface area contributed by atoms with E-state index in [2.05, 4.69) is 32.2 Å². The summed E-state index contributed by atoms with van der Waals surface area (Å²) in [6, 6.07) is 4.96. The first-order chi connectivity index (χ1) is 12.4. The van der Waals surface area contributed by atoms with E-state index in [0.717, 1.165) is 28.6 Å². The summed E-state index contributed by atoms with van der Waals surface area (Å²) in [5.41, 5.74) is -1.14. The molecule has 2 bridgehead atoms. The van der Waals surface area contributed by atoms with Crippen LogP contribution in [0.25, 0.3) is 0 Å². The van der Waals surface area contributed by atoms with Gasteiger partial charge < -0.3 is 19.1 Å². The van der Waals surface area contributed by atoms with E-state index in [9.17, 15) is 5.11 Å². The third-order valence-electron chi connectivity index (χ3n) is 6.82. The summed E-state index contributed by atoms with van der Waals surface area (Å²) >= 11 is 3.24. The first kappa shape index (κ1) is 17.3. The number of rotatable bonds is 5. The van der Waals surface area contributed by atoms with E-state index in [1.807, 2.05) is 17.5 Å². The second kappa shape index (κ2) is 5.85. The predicted molar refractivity (Wildman–Crippen MR) is 105 cm³/mol. The van der Waals surface area contributed by atoms with Crippen molar-refractivity contribution in [2.75, 3.05) is 14.1 Å². The van der Waals surface area contributed by atoms with Crippen molar-refractivity contribution in [1.82, 2.24) is 0 Å². The molecular formula is C20H26NO3S2+. The number of piperidine rings is 1. The fourth-order valence-electron chi connectivity index (χ4n) is 5.22. The van der Waals surface area contributed by atoms with Gasteiger partial charge in [0.15, 0.2) is 5.60 Å². The van der Waals surface area contributed by atoms with Gasteiger partial charge in [-0.15, -0.1) is 23.1 Å². The summed E-state index contributed by atoms with van der Waals surface area (Å²) in [6.45, 7) is 4.22. The van der Waals surface area contributed by atoms with E-state index in [0.29, 0.717) is 30.1 Å². The number of aliphatic hydroxyl groups is 1. The summed E-state index contributed by atoms with van der Waals surface area (Å²) in [6.07, 6.45) is 5.82. The number of quaternary nitrogens is 1. The number of thioether (sulfide) groups is 1. The number of ether oxygens (including phenoxy) is 2. The normalized spacial score (nSPS) is 41.5. The molecule has 1 aromatic rings. The summed E-state index contributed by atoms with van der Waals surface area (Å²) in [4.78, 5) is 0.921. The molecule has 0 radical (unpaired) electrons. The molecule has 4 nitrogen and oxygen atoms in total. The molecule has 5 rings (SSSR count). The van der Waals surface area contributed by atoms with Gasteiger partial charge in [-0.3, -0.25) is 0 Å². The third kappa shape index (κ3) is 2.39. The Morgan fingerprint density at radius 1 is 1.35 bits per heavy atom. The molecule has 6 unspecified atom stereocenters. The van der Waals surface area contributed by atoms with Gasteiger partial charge in [0.05, 0.1) is 19.3 Å². The molecule has 0 aromatic carbocycles. The lowest BCUT2D eigenvalue weighted by atomic mass is 9.92. The van der Waals surface area contributed by atoms with Crippen LogP contribution in [0.2, 0.25) is 0 Å². The Morgan fingerprint density at radius 3 is 2.65 bits per heavy atom. The maximum Gasteiger partial charge on any atom is 0.167 e. The van der Waals surface area contributed by atoms with E-state index >= 15 is 0 Å². The monoisotopic (exact) mass is 392 g/mol. The Bertz CT molecular complexity index is 718. The maximum atomic E-state index is 11.7. The number of morpholine rings is 1. The van der Waals surface area contributed by atoms with Crippen LogP contribution in [0.1, 0.15) is 24.1 Å². The van der Waals surface area contributed by atoms with Crippen LogP contribution < -0.4 is 0 Å². The quantitative estimate of drug-likeness (QED) is 0.475. The highest BCUT2D eigenvalue weighted by Crippen LogP contribution is 2.53. The van der Waals surface area contributed by atoms with E-state index in [1.54, 1.807) is 23.1 Å². The Morgan fingerprint density at radius 2 is 2.08 bits per heavy atom. The van der Waals surface area contributed by atoms with Crippen molar-refractivity contribution in [2.45, 2.75) is 60.5 Å². The van der Waals surface area contributed by atoms with Crippen molar-refractivity contribution in [1.29, 1.82) is 0 Å². The average Bonchev–Trinajstić information content (AvgIpc) is 2.98. The van der Waals surface area contributed by atoms with Crippen molar-refractivity contribution < 1.29 is 19.1 Å². The molecule has 1 aromatic heterocycles. The van der Waals surface area contributed by atoms with Gasteiger partial charge in [0, 0.05) is 17.7 Å². The van der Waals surface area contributed by atoms with Crippen LogP contribution in [0.15, 0.2) is 41.3 Å². The van der Waals surface area contributed by atoms with E-state index in [4.69, 9.17) is 9.47 Å². The zero-order valence-corrected chi connectivity index (χ0v) is 16.8. The number of fused-ring (bicyclic) bond motifs is 5. The smallest absolute Gasteiger partial charge is 0.167 e. The number of nitrogens with zero attached hydrogens (tertiary/aromatic N) is 1. The van der Waals surface area contributed by atoms with E-state index in [-0.39, 0.29) is 11.4 Å². The summed E-state index contributed by atoms with van der Waals surface area (Å²) < 4.78 is 13.3. The van der Waals surface area contributed by atoms with Gasteiger partial charge in [-0.2, -0.15) is 0 Å². The lowest BCUT2D eigenvalue weighted by Gasteiger charge is -2.46. The van der Waals surface area contributed by atoms with E-state index < -0.39 is 5.60 Å². The second-order valence-corrected chi connectivity index (χ2v) is 10.5. The molecule has 0 amide bonds. The van der Waals surface area contributed by atoms with Gasteiger partial charge in [-0.05, 0) is 23.3 Å². The number of thiophene rings is 1. The molecule has 3 saturated heterocycles. The topological polar surface area (TPSA) is 42.0 Å². The Kier molecular flexibility index (Phi) is 3.90. The van der Waals surface area contributed by atoms with Gasteiger partial charge >= 0.3 is 0 Å². The molecule has 0 saturated carbocycles. The molecule has 3 fully saturated rings. The van der Waals surface area contributed by atoms with Crippen LogP contribution in [0.4, 0.5) is 0 Å². The molecule has 6 atom stereocenters. The van der Waals surface area contributed by atoms with Crippen molar-refractivity contribution in [3.05, 3.63) is 46.2 Å². The van der Waals surface area contributed by atoms with E-state index in [1.165, 1.54) is 0 Å². The molecule has 5 heterocycles. The third-order valence-corrected chi connectivity index (χ3v) is 9.03. The van der Waals surface area contributed by atoms with Crippen molar-refractivity contribution in [3.8, 4) is 0 Å². The number of likely N-dealkylation sites (N-methyl/N-ethyl adjacent to an activating group) is 1. The average molecular weight is 393 g/mol. The predicted octanol–water partition coefficient (Wildman–Crippen LogP) is 3.24. The Labute approximate surface area is 163 Å². The van der Waals surface area contributed by atoms with Crippen LogP contribution in [0.5, 0.6) is 0 Å². The standard InChI is InChI=1S/C20H26NO3S2/c1-12(20(22,16-6-4-8-25-16)17-7-5-9-26-17)23-13-10-14-18-19(24-18)15(11-13)21(14,2)3/h4-6,8-9,13-15,17-19,22H,1,7,10-11H2,2-3H3/q+1. The number of epoxide rings is 1. The van der Waals surface area contributed by atoms with Crippen LogP contribution in [-0.2, 0) is 15.1 Å². The molecule has 4 aliphatic rings. The number of hydrogen-bond donors (Lipinski definition) is 1. The van der Waals surface area contributed by atoms with Crippen molar-refractivity contribution in [2.24, 2.45) is 0 Å².